The van der Waals surface area contributed by atoms with Crippen LogP contribution in [-0.2, 0) is 16.1 Å². The van der Waals surface area contributed by atoms with Crippen LogP contribution in [0.2, 0.25) is 0 Å². The summed E-state index contributed by atoms with van der Waals surface area (Å²) in [6.07, 6.45) is 0. The molecule has 3 aromatic carbocycles. The van der Waals surface area contributed by atoms with Crippen molar-refractivity contribution in [2.45, 2.75) is 6.54 Å². The topological polar surface area (TPSA) is 77.1 Å². The van der Waals surface area contributed by atoms with Crippen molar-refractivity contribution >= 4 is 17.5 Å². The molecule has 33 heavy (non-hydrogen) atoms. The first-order valence-corrected chi connectivity index (χ1v) is 10.6. The summed E-state index contributed by atoms with van der Waals surface area (Å²) in [5.74, 6) is 0.759. The van der Waals surface area contributed by atoms with E-state index >= 15 is 0 Å². The molecule has 0 heterocycles. The first kappa shape index (κ1) is 23.8. The van der Waals surface area contributed by atoms with Crippen molar-refractivity contribution in [3.8, 4) is 11.5 Å². The van der Waals surface area contributed by atoms with Gasteiger partial charge in [0, 0.05) is 37.5 Å². The van der Waals surface area contributed by atoms with Crippen LogP contribution in [0, 0.1) is 0 Å². The van der Waals surface area contributed by atoms with Gasteiger partial charge in [0.05, 0.1) is 13.7 Å². The predicted octanol–water partition coefficient (Wildman–Crippen LogP) is 4.00. The number of amides is 2. The summed E-state index contributed by atoms with van der Waals surface area (Å²) in [5, 5.41) is 2.76. The number of benzene rings is 3. The summed E-state index contributed by atoms with van der Waals surface area (Å²) in [7, 11) is 3.18. The Morgan fingerprint density at radius 2 is 1.64 bits per heavy atom. The summed E-state index contributed by atoms with van der Waals surface area (Å²) in [5.41, 5.74) is 2.21. The van der Waals surface area contributed by atoms with E-state index in [1.54, 1.807) is 67.7 Å². The molecule has 0 aliphatic rings. The number of nitrogens with one attached hydrogen (secondary N) is 1. The molecule has 0 atom stereocenters. The third kappa shape index (κ3) is 7.36. The number of carbonyl (C=O) groups is 2. The minimum Gasteiger partial charge on any atom is -0.497 e. The maximum atomic E-state index is 13.0. The van der Waals surface area contributed by atoms with Crippen molar-refractivity contribution in [2.75, 3.05) is 39.3 Å². The highest BCUT2D eigenvalue weighted by molar-refractivity contribution is 5.94. The van der Waals surface area contributed by atoms with E-state index in [4.69, 9.17) is 14.2 Å². The van der Waals surface area contributed by atoms with Gasteiger partial charge in [-0.15, -0.1) is 0 Å². The second-order valence-electron chi connectivity index (χ2n) is 7.30. The fraction of sp³-hybridized carbons (Fsp3) is 0.231. The molecule has 0 saturated carbocycles. The average molecular weight is 449 g/mol. The lowest BCUT2D eigenvalue weighted by Crippen LogP contribution is -2.33. The molecule has 0 saturated heterocycles. The molecule has 3 aromatic rings. The maximum Gasteiger partial charge on any atom is 0.262 e. The van der Waals surface area contributed by atoms with E-state index in [0.717, 1.165) is 5.56 Å². The Labute approximate surface area is 193 Å². The van der Waals surface area contributed by atoms with Gasteiger partial charge in [0.15, 0.2) is 6.61 Å². The van der Waals surface area contributed by atoms with Gasteiger partial charge in [0.1, 0.15) is 11.5 Å². The number of hydrogen-bond acceptors (Lipinski definition) is 5. The number of nitrogens with zero attached hydrogens (tertiary/aromatic N) is 1. The van der Waals surface area contributed by atoms with Crippen LogP contribution in [0.25, 0.3) is 0 Å². The highest BCUT2D eigenvalue weighted by Crippen LogP contribution is 2.18. The first-order chi connectivity index (χ1) is 16.1. The van der Waals surface area contributed by atoms with Gasteiger partial charge in [-0.05, 0) is 42.0 Å². The minimum absolute atomic E-state index is 0.0989. The van der Waals surface area contributed by atoms with Crippen molar-refractivity contribution in [3.63, 3.8) is 0 Å². The molecule has 2 amide bonds. The number of methoxy groups -OCH3 is 2. The van der Waals surface area contributed by atoms with Crippen molar-refractivity contribution in [2.24, 2.45) is 0 Å². The maximum absolute atomic E-state index is 13.0. The molecule has 7 heteroatoms. The van der Waals surface area contributed by atoms with Gasteiger partial charge in [-0.1, -0.05) is 36.4 Å². The number of anilines is 1. The zero-order valence-corrected chi connectivity index (χ0v) is 18.8. The lowest BCUT2D eigenvalue weighted by Gasteiger charge is -2.23. The molecular weight excluding hydrogens is 420 g/mol. The molecule has 0 spiro atoms. The number of rotatable bonds is 11. The summed E-state index contributed by atoms with van der Waals surface area (Å²) >= 11 is 0. The van der Waals surface area contributed by atoms with Gasteiger partial charge >= 0.3 is 0 Å². The van der Waals surface area contributed by atoms with Crippen LogP contribution in [-0.4, -0.2) is 50.7 Å². The number of carbonyl (C=O) groups excluding carboxylic acids is 2. The third-order valence-corrected chi connectivity index (χ3v) is 4.89. The van der Waals surface area contributed by atoms with Crippen molar-refractivity contribution in [1.29, 1.82) is 0 Å². The smallest absolute Gasteiger partial charge is 0.262 e. The molecular formula is C26H28N2O5. The Morgan fingerprint density at radius 1 is 0.879 bits per heavy atom. The molecule has 1 N–H and O–H groups in total. The van der Waals surface area contributed by atoms with Crippen LogP contribution in [0.5, 0.6) is 11.5 Å². The highest BCUT2D eigenvalue weighted by atomic mass is 16.5. The lowest BCUT2D eigenvalue weighted by atomic mass is 10.1. The van der Waals surface area contributed by atoms with Gasteiger partial charge < -0.3 is 24.4 Å². The minimum atomic E-state index is -0.294. The van der Waals surface area contributed by atoms with Gasteiger partial charge in [0.2, 0.25) is 0 Å². The second kappa shape index (κ2) is 12.3. The molecule has 7 nitrogen and oxygen atoms in total. The first-order valence-electron chi connectivity index (χ1n) is 10.6. The van der Waals surface area contributed by atoms with Crippen LogP contribution < -0.4 is 14.8 Å². The van der Waals surface area contributed by atoms with Gasteiger partial charge in [-0.2, -0.15) is 0 Å². The van der Waals surface area contributed by atoms with E-state index < -0.39 is 0 Å². The van der Waals surface area contributed by atoms with Crippen LogP contribution in [0.1, 0.15) is 15.9 Å². The van der Waals surface area contributed by atoms with Crippen LogP contribution in [0.15, 0.2) is 78.9 Å². The average Bonchev–Trinajstić information content (AvgIpc) is 2.86. The lowest BCUT2D eigenvalue weighted by molar-refractivity contribution is -0.118. The fourth-order valence-electron chi connectivity index (χ4n) is 3.18. The second-order valence-corrected chi connectivity index (χ2v) is 7.30. The predicted molar refractivity (Wildman–Crippen MR) is 127 cm³/mol. The summed E-state index contributed by atoms with van der Waals surface area (Å²) in [6.45, 7) is 1.26. The van der Waals surface area contributed by atoms with Gasteiger partial charge in [0.25, 0.3) is 11.8 Å². The normalized spacial score (nSPS) is 10.4. The van der Waals surface area contributed by atoms with E-state index in [1.165, 1.54) is 0 Å². The molecule has 0 aliphatic heterocycles. The fourth-order valence-corrected chi connectivity index (χ4v) is 3.18. The number of hydrogen-bond donors (Lipinski definition) is 1. The van der Waals surface area contributed by atoms with Gasteiger partial charge in [-0.3, -0.25) is 9.59 Å². The van der Waals surface area contributed by atoms with Crippen LogP contribution >= 0.6 is 0 Å². The molecule has 0 bridgehead atoms. The Balaban J connectivity index is 1.57. The van der Waals surface area contributed by atoms with E-state index in [0.29, 0.717) is 42.4 Å². The molecule has 0 unspecified atom stereocenters. The Hall–Kier alpha value is -3.84. The van der Waals surface area contributed by atoms with E-state index in [9.17, 15) is 9.59 Å². The summed E-state index contributed by atoms with van der Waals surface area (Å²) in [6, 6.07) is 23.7. The van der Waals surface area contributed by atoms with Crippen molar-refractivity contribution < 1.29 is 23.8 Å². The quantitative estimate of drug-likeness (QED) is 0.480. The molecule has 3 rings (SSSR count). The van der Waals surface area contributed by atoms with E-state index in [1.807, 2.05) is 30.3 Å². The molecule has 0 aromatic heterocycles. The Bertz CT molecular complexity index is 1040. The molecule has 172 valence electrons. The third-order valence-electron chi connectivity index (χ3n) is 4.89. The highest BCUT2D eigenvalue weighted by Gasteiger charge is 2.16. The molecule has 0 fully saturated rings. The zero-order chi connectivity index (χ0) is 23.5. The monoisotopic (exact) mass is 448 g/mol. The summed E-state index contributed by atoms with van der Waals surface area (Å²) in [4.78, 5) is 27.0. The Morgan fingerprint density at radius 3 is 2.33 bits per heavy atom. The molecule has 0 aliphatic carbocycles. The van der Waals surface area contributed by atoms with Crippen molar-refractivity contribution in [1.82, 2.24) is 4.90 Å². The summed E-state index contributed by atoms with van der Waals surface area (Å²) < 4.78 is 15.9. The standard InChI is InChI=1S/C26H28N2O5/c1-31-16-15-28(18-20-7-4-3-5-8-20)26(30)21-11-13-23(14-12-21)33-19-25(29)27-22-9-6-10-24(17-22)32-2/h3-14,17H,15-16,18-19H2,1-2H3,(H,27,29). The van der Waals surface area contributed by atoms with Gasteiger partial charge in [-0.25, -0.2) is 0 Å². The largest absolute Gasteiger partial charge is 0.497 e. The molecule has 0 radical (unpaired) electrons. The zero-order valence-electron chi connectivity index (χ0n) is 18.8. The van der Waals surface area contributed by atoms with E-state index in [2.05, 4.69) is 5.32 Å². The van der Waals surface area contributed by atoms with E-state index in [-0.39, 0.29) is 18.4 Å². The SMILES string of the molecule is COCCN(Cc1ccccc1)C(=O)c1ccc(OCC(=O)Nc2cccc(OC)c2)cc1. The Kier molecular flexibility index (Phi) is 8.85. The van der Waals surface area contributed by atoms with Crippen molar-refractivity contribution in [3.05, 3.63) is 90.0 Å². The van der Waals surface area contributed by atoms with Crippen LogP contribution in [0.3, 0.4) is 0 Å². The number of ether oxygens (including phenoxy) is 3. The van der Waals surface area contributed by atoms with Crippen LogP contribution in [0.4, 0.5) is 5.69 Å².